The Bertz CT molecular complexity index is 794. The summed E-state index contributed by atoms with van der Waals surface area (Å²) < 4.78 is 1.76. The monoisotopic (exact) mass is 396 g/mol. The maximum Gasteiger partial charge on any atom is 0.250 e. The first kappa shape index (κ1) is 22.7. The zero-order chi connectivity index (χ0) is 21.0. The van der Waals surface area contributed by atoms with E-state index in [0.717, 1.165) is 57.8 Å². The minimum atomic E-state index is 0.0618. The van der Waals surface area contributed by atoms with Crippen LogP contribution in [0.1, 0.15) is 52.0 Å². The second-order valence-corrected chi connectivity index (χ2v) is 7.41. The number of aromatic nitrogens is 1. The van der Waals surface area contributed by atoms with Crippen molar-refractivity contribution >= 4 is 5.96 Å². The zero-order valence-corrected chi connectivity index (χ0v) is 18.2. The number of aryl methyl sites for hydroxylation is 1. The lowest BCUT2D eigenvalue weighted by Gasteiger charge is -2.31. The lowest BCUT2D eigenvalue weighted by atomic mass is 9.76. The minimum absolute atomic E-state index is 0.0618. The van der Waals surface area contributed by atoms with Crippen LogP contribution in [0.5, 0.6) is 0 Å². The van der Waals surface area contributed by atoms with E-state index in [9.17, 15) is 4.79 Å². The number of nitrogens with zero attached hydrogens (tertiary/aromatic N) is 2. The summed E-state index contributed by atoms with van der Waals surface area (Å²) in [5, 5.41) is 6.80. The lowest BCUT2D eigenvalue weighted by Crippen LogP contribution is -2.39. The molecule has 0 saturated carbocycles. The van der Waals surface area contributed by atoms with E-state index < -0.39 is 0 Å². The summed E-state index contributed by atoms with van der Waals surface area (Å²) in [5.41, 5.74) is 1.49. The van der Waals surface area contributed by atoms with Crippen LogP contribution in [0, 0.1) is 0 Å². The Labute approximate surface area is 175 Å². The van der Waals surface area contributed by atoms with Gasteiger partial charge in [0.1, 0.15) is 0 Å². The molecule has 0 bridgehead atoms. The van der Waals surface area contributed by atoms with E-state index in [-0.39, 0.29) is 11.0 Å². The predicted molar refractivity (Wildman–Crippen MR) is 123 cm³/mol. The second kappa shape index (κ2) is 12.1. The Hall–Kier alpha value is -2.56. The molecule has 0 saturated heterocycles. The number of aliphatic imine (C=N–C) groups is 1. The Morgan fingerprint density at radius 2 is 1.69 bits per heavy atom. The molecule has 5 nitrogen and oxygen atoms in total. The molecule has 0 spiro atoms. The van der Waals surface area contributed by atoms with Crippen LogP contribution in [-0.4, -0.2) is 30.2 Å². The molecule has 29 heavy (non-hydrogen) atoms. The van der Waals surface area contributed by atoms with Gasteiger partial charge < -0.3 is 15.2 Å². The van der Waals surface area contributed by atoms with Crippen molar-refractivity contribution in [3.05, 3.63) is 70.6 Å². The zero-order valence-electron chi connectivity index (χ0n) is 18.2. The molecule has 0 amide bonds. The molecule has 0 aliphatic heterocycles. The third-order valence-corrected chi connectivity index (χ3v) is 5.64. The Morgan fingerprint density at radius 1 is 0.966 bits per heavy atom. The number of nitrogens with one attached hydrogen (secondary N) is 2. The first-order chi connectivity index (χ1) is 14.1. The van der Waals surface area contributed by atoms with Crippen molar-refractivity contribution in [1.29, 1.82) is 0 Å². The fraction of sp³-hybridized carbons (Fsp3) is 0.500. The van der Waals surface area contributed by atoms with Gasteiger partial charge in [0.25, 0.3) is 0 Å². The number of rotatable bonds is 11. The second-order valence-electron chi connectivity index (χ2n) is 7.41. The molecule has 5 heteroatoms. The summed E-state index contributed by atoms with van der Waals surface area (Å²) in [5.74, 6) is 0.867. The molecule has 0 fully saturated rings. The van der Waals surface area contributed by atoms with Crippen molar-refractivity contribution in [2.75, 3.05) is 19.6 Å². The Morgan fingerprint density at radius 3 is 2.34 bits per heavy atom. The molecule has 2 rings (SSSR count). The maximum atomic E-state index is 11.7. The molecule has 2 N–H and O–H groups in total. The normalized spacial score (nSPS) is 12.0. The van der Waals surface area contributed by atoms with Crippen LogP contribution in [0.4, 0.5) is 0 Å². The van der Waals surface area contributed by atoms with E-state index in [1.54, 1.807) is 16.7 Å². The highest BCUT2D eigenvalue weighted by Crippen LogP contribution is 2.31. The molecule has 1 aromatic carbocycles. The molecule has 1 heterocycles. The number of guanidine groups is 1. The Kier molecular flexibility index (Phi) is 9.48. The molecule has 0 atom stereocenters. The van der Waals surface area contributed by atoms with Crippen LogP contribution in [0.25, 0.3) is 0 Å². The molecular weight excluding hydrogens is 360 g/mol. The molecule has 0 aliphatic carbocycles. The highest BCUT2D eigenvalue weighted by atomic mass is 16.1. The van der Waals surface area contributed by atoms with Crippen molar-refractivity contribution < 1.29 is 0 Å². The number of pyridine rings is 1. The van der Waals surface area contributed by atoms with Gasteiger partial charge in [-0.05, 0) is 44.2 Å². The van der Waals surface area contributed by atoms with E-state index in [1.807, 2.05) is 12.3 Å². The molecule has 158 valence electrons. The van der Waals surface area contributed by atoms with Crippen molar-refractivity contribution in [2.45, 2.75) is 58.4 Å². The van der Waals surface area contributed by atoms with Gasteiger partial charge in [0.15, 0.2) is 5.96 Å². The van der Waals surface area contributed by atoms with Gasteiger partial charge >= 0.3 is 0 Å². The van der Waals surface area contributed by atoms with Gasteiger partial charge in [0, 0.05) is 37.3 Å². The van der Waals surface area contributed by atoms with E-state index in [1.165, 1.54) is 5.56 Å². The molecule has 0 unspecified atom stereocenters. The summed E-state index contributed by atoms with van der Waals surface area (Å²) >= 11 is 0. The number of hydrogen-bond acceptors (Lipinski definition) is 2. The standard InChI is InChI=1S/C24H36N4O/c1-4-24(5-2,21-14-8-7-9-15-21)20-27-23(25-6-3)26-17-11-13-19-28-18-12-10-16-22(28)29/h7-10,12,14-16,18H,4-6,11,13,17,19-20H2,1-3H3,(H2,25,26,27). The Balaban J connectivity index is 1.91. The average Bonchev–Trinajstić information content (AvgIpc) is 2.76. The number of hydrogen-bond donors (Lipinski definition) is 2. The van der Waals surface area contributed by atoms with E-state index >= 15 is 0 Å². The quantitative estimate of drug-likeness (QED) is 0.344. The van der Waals surface area contributed by atoms with Crippen LogP contribution in [0.3, 0.4) is 0 Å². The summed E-state index contributed by atoms with van der Waals surface area (Å²) in [6.07, 6.45) is 5.90. The number of unbranched alkanes of at least 4 members (excludes halogenated alkanes) is 1. The highest BCUT2D eigenvalue weighted by Gasteiger charge is 2.28. The third kappa shape index (κ3) is 6.77. The van der Waals surface area contributed by atoms with Crippen LogP contribution in [0.2, 0.25) is 0 Å². The van der Waals surface area contributed by atoms with Crippen LogP contribution >= 0.6 is 0 Å². The summed E-state index contributed by atoms with van der Waals surface area (Å²) in [6.45, 7) is 9.77. The average molecular weight is 397 g/mol. The van der Waals surface area contributed by atoms with Crippen LogP contribution in [-0.2, 0) is 12.0 Å². The van der Waals surface area contributed by atoms with Gasteiger partial charge in [-0.15, -0.1) is 0 Å². The summed E-state index contributed by atoms with van der Waals surface area (Å²) in [6, 6.07) is 16.0. The van der Waals surface area contributed by atoms with Gasteiger partial charge in [-0.1, -0.05) is 50.2 Å². The van der Waals surface area contributed by atoms with Crippen LogP contribution < -0.4 is 16.2 Å². The fourth-order valence-corrected chi connectivity index (χ4v) is 3.60. The van der Waals surface area contributed by atoms with Gasteiger partial charge in [0.2, 0.25) is 5.56 Å². The van der Waals surface area contributed by atoms with Gasteiger partial charge in [-0.3, -0.25) is 9.79 Å². The minimum Gasteiger partial charge on any atom is -0.357 e. The molecule has 2 aromatic rings. The first-order valence-electron chi connectivity index (χ1n) is 10.9. The topological polar surface area (TPSA) is 58.4 Å². The largest absolute Gasteiger partial charge is 0.357 e. The summed E-state index contributed by atoms with van der Waals surface area (Å²) in [7, 11) is 0. The third-order valence-electron chi connectivity index (χ3n) is 5.64. The smallest absolute Gasteiger partial charge is 0.250 e. The highest BCUT2D eigenvalue weighted by molar-refractivity contribution is 5.79. The summed E-state index contributed by atoms with van der Waals surface area (Å²) in [4.78, 5) is 16.7. The molecule has 0 radical (unpaired) electrons. The molecular formula is C24H36N4O. The van der Waals surface area contributed by atoms with Gasteiger partial charge in [-0.25, -0.2) is 0 Å². The van der Waals surface area contributed by atoms with Gasteiger partial charge in [0.05, 0.1) is 6.54 Å². The molecule has 1 aromatic heterocycles. The predicted octanol–water partition coefficient (Wildman–Crippen LogP) is 3.94. The van der Waals surface area contributed by atoms with Crippen molar-refractivity contribution in [1.82, 2.24) is 15.2 Å². The van der Waals surface area contributed by atoms with E-state index in [0.29, 0.717) is 0 Å². The van der Waals surface area contributed by atoms with Crippen molar-refractivity contribution in [3.63, 3.8) is 0 Å². The van der Waals surface area contributed by atoms with Crippen molar-refractivity contribution in [3.8, 4) is 0 Å². The maximum absolute atomic E-state index is 11.7. The van der Waals surface area contributed by atoms with Crippen molar-refractivity contribution in [2.24, 2.45) is 4.99 Å². The number of benzene rings is 1. The van der Waals surface area contributed by atoms with Gasteiger partial charge in [-0.2, -0.15) is 0 Å². The van der Waals surface area contributed by atoms with Crippen LogP contribution in [0.15, 0.2) is 64.5 Å². The first-order valence-corrected chi connectivity index (χ1v) is 10.9. The fourth-order valence-electron chi connectivity index (χ4n) is 3.60. The lowest BCUT2D eigenvalue weighted by molar-refractivity contribution is 0.406. The van der Waals surface area contributed by atoms with E-state index in [4.69, 9.17) is 4.99 Å². The van der Waals surface area contributed by atoms with E-state index in [2.05, 4.69) is 61.7 Å². The molecule has 0 aliphatic rings. The SMILES string of the molecule is CCNC(=NCC(CC)(CC)c1ccccc1)NCCCCn1ccccc1=O.